The number of ether oxygens (including phenoxy) is 1. The molecule has 5 rings (SSSR count). The van der Waals surface area contributed by atoms with Crippen molar-refractivity contribution in [1.29, 1.82) is 0 Å². The van der Waals surface area contributed by atoms with Crippen molar-refractivity contribution in [3.05, 3.63) is 88.5 Å². The summed E-state index contributed by atoms with van der Waals surface area (Å²) < 4.78 is 19.5. The van der Waals surface area contributed by atoms with E-state index in [4.69, 9.17) is 16.3 Å². The van der Waals surface area contributed by atoms with Crippen LogP contribution < -0.4 is 5.32 Å². The second-order valence-corrected chi connectivity index (χ2v) is 10.3. The van der Waals surface area contributed by atoms with E-state index in [1.165, 1.54) is 17.0 Å². The molecule has 10 nitrogen and oxygen atoms in total. The Balaban J connectivity index is 1.27. The van der Waals surface area contributed by atoms with E-state index >= 15 is 0 Å². The number of carbonyl (C=O) groups is 2. The van der Waals surface area contributed by atoms with E-state index < -0.39 is 23.9 Å². The maximum absolute atomic E-state index is 14.2. The molecule has 1 fully saturated rings. The van der Waals surface area contributed by atoms with Crippen LogP contribution >= 0.6 is 11.6 Å². The number of halogens is 2. The van der Waals surface area contributed by atoms with E-state index in [1.807, 2.05) is 37.3 Å². The van der Waals surface area contributed by atoms with Crippen LogP contribution in [0, 0.1) is 18.7 Å². The lowest BCUT2D eigenvalue weighted by Gasteiger charge is -2.25. The van der Waals surface area contributed by atoms with Crippen molar-refractivity contribution in [2.45, 2.75) is 38.6 Å². The molecule has 1 aliphatic rings. The van der Waals surface area contributed by atoms with Gasteiger partial charge in [0.15, 0.2) is 5.82 Å². The number of anilines is 1. The number of imide groups is 1. The second kappa shape index (κ2) is 12.9. The average Bonchev–Trinajstić information content (AvgIpc) is 3.59. The third-order valence-electron chi connectivity index (χ3n) is 7.01. The summed E-state index contributed by atoms with van der Waals surface area (Å²) in [5, 5.41) is 18.0. The topological polar surface area (TPSA) is 126 Å². The van der Waals surface area contributed by atoms with Crippen LogP contribution in [-0.2, 0) is 22.4 Å². The van der Waals surface area contributed by atoms with Crippen molar-refractivity contribution in [1.82, 2.24) is 30.3 Å². The first-order chi connectivity index (χ1) is 19.9. The first-order valence-electron chi connectivity index (χ1n) is 13.3. The van der Waals surface area contributed by atoms with Crippen LogP contribution in [-0.4, -0.2) is 61.5 Å². The van der Waals surface area contributed by atoms with E-state index in [9.17, 15) is 14.0 Å². The number of nitrogens with zero attached hydrogens (tertiary/aromatic N) is 5. The van der Waals surface area contributed by atoms with Crippen molar-refractivity contribution in [3.8, 4) is 11.4 Å². The van der Waals surface area contributed by atoms with Crippen molar-refractivity contribution in [2.75, 3.05) is 18.5 Å². The molecule has 41 heavy (non-hydrogen) atoms. The molecule has 3 heterocycles. The van der Waals surface area contributed by atoms with E-state index in [0.717, 1.165) is 16.7 Å². The molecule has 0 unspecified atom stereocenters. The summed E-state index contributed by atoms with van der Waals surface area (Å²) in [6.45, 7) is 2.51. The standard InChI is InChI=1S/C29H29ClFN7O3/c1-18-15-33-34-16-23(18)26-35-28(37-36-26)32-11-5-8-21(12-20-9-10-24(30)25(31)14-20)27(39)38-22(17-41-29(38)40)13-19-6-3-2-4-7-19/h2-4,6-7,9-10,14-16,21-22H,5,8,11-13,17H2,1H3,(H2,32,35,36,37)/t21-,22+/m0/s1. The van der Waals surface area contributed by atoms with E-state index in [1.54, 1.807) is 18.5 Å². The van der Waals surface area contributed by atoms with Crippen LogP contribution in [0.15, 0.2) is 60.9 Å². The van der Waals surface area contributed by atoms with Crippen molar-refractivity contribution in [3.63, 3.8) is 0 Å². The van der Waals surface area contributed by atoms with Gasteiger partial charge in [-0.15, -0.1) is 5.10 Å². The Morgan fingerprint density at radius 1 is 1.20 bits per heavy atom. The number of hydrogen-bond donors (Lipinski definition) is 2. The summed E-state index contributed by atoms with van der Waals surface area (Å²) in [6.07, 6.45) is 4.34. The van der Waals surface area contributed by atoms with Crippen LogP contribution in [0.25, 0.3) is 11.4 Å². The lowest BCUT2D eigenvalue weighted by atomic mass is 9.92. The van der Waals surface area contributed by atoms with Gasteiger partial charge in [-0.25, -0.2) is 14.1 Å². The predicted molar refractivity (Wildman–Crippen MR) is 151 cm³/mol. The molecular formula is C29H29ClFN7O3. The minimum absolute atomic E-state index is 0.00971. The summed E-state index contributed by atoms with van der Waals surface area (Å²) in [6, 6.07) is 13.7. The van der Waals surface area contributed by atoms with Gasteiger partial charge in [-0.2, -0.15) is 15.2 Å². The Morgan fingerprint density at radius 3 is 2.78 bits per heavy atom. The van der Waals surface area contributed by atoms with Gasteiger partial charge in [0.1, 0.15) is 12.4 Å². The number of aromatic nitrogens is 5. The Labute approximate surface area is 241 Å². The molecule has 0 bridgehead atoms. The van der Waals surface area contributed by atoms with Gasteiger partial charge < -0.3 is 10.1 Å². The highest BCUT2D eigenvalue weighted by Crippen LogP contribution is 2.26. The fourth-order valence-corrected chi connectivity index (χ4v) is 4.99. The summed E-state index contributed by atoms with van der Waals surface area (Å²) in [5.41, 5.74) is 3.32. The molecule has 12 heteroatoms. The summed E-state index contributed by atoms with van der Waals surface area (Å²) in [5.74, 6) is -0.515. The third kappa shape index (κ3) is 6.86. The van der Waals surface area contributed by atoms with Gasteiger partial charge in [0.2, 0.25) is 11.9 Å². The molecule has 1 saturated heterocycles. The highest BCUT2D eigenvalue weighted by atomic mass is 35.5. The number of nitrogens with one attached hydrogen (secondary N) is 2. The molecule has 0 radical (unpaired) electrons. The Hall–Kier alpha value is -4.38. The van der Waals surface area contributed by atoms with Gasteiger partial charge in [0.25, 0.3) is 0 Å². The lowest BCUT2D eigenvalue weighted by Crippen LogP contribution is -2.44. The molecular weight excluding hydrogens is 549 g/mol. The Kier molecular flexibility index (Phi) is 8.83. The normalized spacial score (nSPS) is 15.5. The summed E-state index contributed by atoms with van der Waals surface area (Å²) >= 11 is 5.87. The van der Waals surface area contributed by atoms with Crippen LogP contribution in [0.2, 0.25) is 5.02 Å². The monoisotopic (exact) mass is 577 g/mol. The Bertz CT molecular complexity index is 1520. The van der Waals surface area contributed by atoms with Crippen LogP contribution in [0.5, 0.6) is 0 Å². The predicted octanol–water partition coefficient (Wildman–Crippen LogP) is 5.00. The highest BCUT2D eigenvalue weighted by molar-refractivity contribution is 6.30. The van der Waals surface area contributed by atoms with Gasteiger partial charge in [-0.3, -0.25) is 9.89 Å². The maximum atomic E-state index is 14.2. The molecule has 0 spiro atoms. The Morgan fingerprint density at radius 2 is 2.00 bits per heavy atom. The quantitative estimate of drug-likeness (QED) is 0.238. The number of H-pyrrole nitrogens is 1. The van der Waals surface area contributed by atoms with E-state index in [2.05, 4.69) is 30.7 Å². The SMILES string of the molecule is Cc1cnncc1-c1nc(NCCC[C@@H](Cc2ccc(Cl)c(F)c2)C(=O)N2C(=O)OC[C@H]2Cc2ccccc2)n[nH]1. The van der Waals surface area contributed by atoms with Crippen molar-refractivity contribution in [2.24, 2.45) is 5.92 Å². The molecule has 1 aliphatic heterocycles. The molecule has 2 N–H and O–H groups in total. The van der Waals surface area contributed by atoms with Crippen LogP contribution in [0.1, 0.15) is 29.5 Å². The largest absolute Gasteiger partial charge is 0.447 e. The highest BCUT2D eigenvalue weighted by Gasteiger charge is 2.40. The number of cyclic esters (lactones) is 1. The number of rotatable bonds is 11. The molecule has 0 saturated carbocycles. The van der Waals surface area contributed by atoms with Gasteiger partial charge in [0, 0.05) is 18.0 Å². The second-order valence-electron chi connectivity index (χ2n) is 9.94. The molecule has 0 aliphatic carbocycles. The molecule has 2 aromatic heterocycles. The van der Waals surface area contributed by atoms with Gasteiger partial charge in [-0.05, 0) is 61.4 Å². The zero-order chi connectivity index (χ0) is 28.8. The zero-order valence-corrected chi connectivity index (χ0v) is 23.1. The lowest BCUT2D eigenvalue weighted by molar-refractivity contribution is -0.133. The molecule has 2 aromatic carbocycles. The minimum atomic E-state index is -0.657. The molecule has 212 valence electrons. The number of benzene rings is 2. The number of aryl methyl sites for hydroxylation is 1. The molecule has 2 amide bonds. The van der Waals surface area contributed by atoms with E-state index in [0.29, 0.717) is 43.1 Å². The minimum Gasteiger partial charge on any atom is -0.447 e. The summed E-state index contributed by atoms with van der Waals surface area (Å²) in [4.78, 5) is 32.2. The maximum Gasteiger partial charge on any atom is 0.416 e. The fraction of sp³-hybridized carbons (Fsp3) is 0.310. The van der Waals surface area contributed by atoms with Crippen molar-refractivity contribution >= 4 is 29.5 Å². The van der Waals surface area contributed by atoms with Crippen LogP contribution in [0.3, 0.4) is 0 Å². The van der Waals surface area contributed by atoms with Gasteiger partial charge in [-0.1, -0.05) is 48.0 Å². The number of aromatic amines is 1. The first kappa shape index (κ1) is 28.2. The third-order valence-corrected chi connectivity index (χ3v) is 7.32. The van der Waals surface area contributed by atoms with Crippen LogP contribution in [0.4, 0.5) is 15.1 Å². The van der Waals surface area contributed by atoms with Gasteiger partial charge >= 0.3 is 6.09 Å². The first-order valence-corrected chi connectivity index (χ1v) is 13.7. The van der Waals surface area contributed by atoms with Crippen molar-refractivity contribution < 1.29 is 18.7 Å². The van der Waals surface area contributed by atoms with Gasteiger partial charge in [0.05, 0.1) is 23.5 Å². The fourth-order valence-electron chi connectivity index (χ4n) is 4.87. The average molecular weight is 578 g/mol. The number of carbonyl (C=O) groups excluding carboxylic acids is 2. The van der Waals surface area contributed by atoms with E-state index in [-0.39, 0.29) is 24.0 Å². The number of hydrogen-bond acceptors (Lipinski definition) is 8. The zero-order valence-electron chi connectivity index (χ0n) is 22.4. The smallest absolute Gasteiger partial charge is 0.416 e. The summed E-state index contributed by atoms with van der Waals surface area (Å²) in [7, 11) is 0. The molecule has 2 atom stereocenters. The molecule has 4 aromatic rings. The number of amides is 2.